The molecule has 96 valence electrons. The molecule has 1 unspecified atom stereocenters. The number of hydrogen-bond donors (Lipinski definition) is 1. The Kier molecular flexibility index (Phi) is 4.61. The largest absolute Gasteiger partial charge is 0.467 e. The van der Waals surface area contributed by atoms with Gasteiger partial charge in [-0.1, -0.05) is 41.1 Å². The highest BCUT2D eigenvalue weighted by atomic mass is 79.9. The van der Waals surface area contributed by atoms with Crippen LogP contribution in [0.15, 0.2) is 45.5 Å². The summed E-state index contributed by atoms with van der Waals surface area (Å²) in [7, 11) is 0. The van der Waals surface area contributed by atoms with Gasteiger partial charge in [-0.15, -0.1) is 0 Å². The first-order chi connectivity index (χ1) is 8.74. The standard InChI is InChI=1S/C15H18BrNO/c1-3-9-17-15(13-8-5-10-18-13)12-7-4-6-11(2)14(12)16/h4-8,10,15,17H,3,9H2,1-2H3. The molecule has 1 N–H and O–H groups in total. The van der Waals surface area contributed by atoms with E-state index in [4.69, 9.17) is 4.42 Å². The summed E-state index contributed by atoms with van der Waals surface area (Å²) in [5, 5.41) is 3.53. The molecular formula is C15H18BrNO. The lowest BCUT2D eigenvalue weighted by Crippen LogP contribution is -2.23. The van der Waals surface area contributed by atoms with E-state index >= 15 is 0 Å². The zero-order valence-corrected chi connectivity index (χ0v) is 12.3. The van der Waals surface area contributed by atoms with Gasteiger partial charge in [-0.3, -0.25) is 0 Å². The highest BCUT2D eigenvalue weighted by Crippen LogP contribution is 2.31. The predicted octanol–water partition coefficient (Wildman–Crippen LogP) is 4.44. The van der Waals surface area contributed by atoms with E-state index in [-0.39, 0.29) is 6.04 Å². The van der Waals surface area contributed by atoms with E-state index in [1.165, 1.54) is 11.1 Å². The van der Waals surface area contributed by atoms with Gasteiger partial charge in [-0.05, 0) is 43.1 Å². The normalized spacial score (nSPS) is 12.6. The van der Waals surface area contributed by atoms with E-state index < -0.39 is 0 Å². The van der Waals surface area contributed by atoms with Crippen molar-refractivity contribution in [3.63, 3.8) is 0 Å². The molecule has 0 aliphatic heterocycles. The minimum Gasteiger partial charge on any atom is -0.467 e. The molecule has 1 atom stereocenters. The Hall–Kier alpha value is -1.06. The van der Waals surface area contributed by atoms with Crippen molar-refractivity contribution in [2.75, 3.05) is 6.54 Å². The van der Waals surface area contributed by atoms with Crippen LogP contribution >= 0.6 is 15.9 Å². The van der Waals surface area contributed by atoms with Crippen molar-refractivity contribution in [2.45, 2.75) is 26.3 Å². The summed E-state index contributed by atoms with van der Waals surface area (Å²) >= 11 is 3.68. The third-order valence-electron chi connectivity index (χ3n) is 2.96. The van der Waals surface area contributed by atoms with Gasteiger partial charge in [0.1, 0.15) is 5.76 Å². The molecule has 0 spiro atoms. The van der Waals surface area contributed by atoms with Crippen LogP contribution in [0.3, 0.4) is 0 Å². The fraction of sp³-hybridized carbons (Fsp3) is 0.333. The van der Waals surface area contributed by atoms with Gasteiger partial charge in [0.15, 0.2) is 0 Å². The summed E-state index contributed by atoms with van der Waals surface area (Å²) < 4.78 is 6.71. The molecule has 3 heteroatoms. The topological polar surface area (TPSA) is 25.2 Å². The van der Waals surface area contributed by atoms with Crippen LogP contribution in [0.25, 0.3) is 0 Å². The molecule has 0 saturated carbocycles. The number of halogens is 1. The Labute approximate surface area is 117 Å². The molecule has 0 aliphatic carbocycles. The van der Waals surface area contributed by atoms with Crippen LogP contribution in [-0.4, -0.2) is 6.54 Å². The van der Waals surface area contributed by atoms with Crippen LogP contribution in [0.1, 0.15) is 36.3 Å². The lowest BCUT2D eigenvalue weighted by atomic mass is 10.0. The zero-order valence-electron chi connectivity index (χ0n) is 10.7. The number of furan rings is 1. The molecule has 1 aromatic carbocycles. The van der Waals surface area contributed by atoms with Gasteiger partial charge < -0.3 is 9.73 Å². The lowest BCUT2D eigenvalue weighted by Gasteiger charge is -2.19. The fourth-order valence-corrected chi connectivity index (χ4v) is 2.49. The molecule has 0 fully saturated rings. The highest BCUT2D eigenvalue weighted by Gasteiger charge is 2.19. The van der Waals surface area contributed by atoms with Crippen LogP contribution in [0, 0.1) is 6.92 Å². The number of nitrogens with one attached hydrogen (secondary N) is 1. The second-order valence-corrected chi connectivity index (χ2v) is 5.17. The Morgan fingerprint density at radius 2 is 2.11 bits per heavy atom. The Balaban J connectivity index is 2.37. The Morgan fingerprint density at radius 3 is 2.78 bits per heavy atom. The van der Waals surface area contributed by atoms with Crippen molar-refractivity contribution < 1.29 is 4.42 Å². The second-order valence-electron chi connectivity index (χ2n) is 4.38. The van der Waals surface area contributed by atoms with Gasteiger partial charge in [-0.25, -0.2) is 0 Å². The second kappa shape index (κ2) is 6.21. The fourth-order valence-electron chi connectivity index (χ4n) is 2.00. The van der Waals surface area contributed by atoms with Gasteiger partial charge in [0.2, 0.25) is 0 Å². The van der Waals surface area contributed by atoms with Crippen LogP contribution in [0.5, 0.6) is 0 Å². The van der Waals surface area contributed by atoms with Crippen LogP contribution < -0.4 is 5.32 Å². The highest BCUT2D eigenvalue weighted by molar-refractivity contribution is 9.10. The average Bonchev–Trinajstić information content (AvgIpc) is 2.88. The molecule has 0 amide bonds. The maximum absolute atomic E-state index is 5.56. The molecule has 18 heavy (non-hydrogen) atoms. The zero-order chi connectivity index (χ0) is 13.0. The minimum absolute atomic E-state index is 0.106. The number of benzene rings is 1. The molecular weight excluding hydrogens is 290 g/mol. The van der Waals surface area contributed by atoms with Crippen LogP contribution in [-0.2, 0) is 0 Å². The maximum Gasteiger partial charge on any atom is 0.125 e. The number of rotatable bonds is 5. The molecule has 0 bridgehead atoms. The van der Waals surface area contributed by atoms with Gasteiger partial charge in [-0.2, -0.15) is 0 Å². The maximum atomic E-state index is 5.56. The summed E-state index contributed by atoms with van der Waals surface area (Å²) in [4.78, 5) is 0. The molecule has 1 heterocycles. The van der Waals surface area contributed by atoms with Gasteiger partial charge >= 0.3 is 0 Å². The van der Waals surface area contributed by atoms with E-state index in [0.29, 0.717) is 0 Å². The van der Waals surface area contributed by atoms with E-state index in [0.717, 1.165) is 23.2 Å². The van der Waals surface area contributed by atoms with E-state index in [9.17, 15) is 0 Å². The van der Waals surface area contributed by atoms with Crippen LogP contribution in [0.2, 0.25) is 0 Å². The smallest absolute Gasteiger partial charge is 0.125 e. The molecule has 2 rings (SSSR count). The van der Waals surface area contributed by atoms with Gasteiger partial charge in [0.25, 0.3) is 0 Å². The molecule has 1 aromatic heterocycles. The van der Waals surface area contributed by atoms with E-state index in [1.54, 1.807) is 6.26 Å². The summed E-state index contributed by atoms with van der Waals surface area (Å²) in [6, 6.07) is 10.4. The van der Waals surface area contributed by atoms with Gasteiger partial charge in [0.05, 0.1) is 12.3 Å². The monoisotopic (exact) mass is 307 g/mol. The Bertz CT molecular complexity index is 493. The van der Waals surface area contributed by atoms with Crippen molar-refractivity contribution in [1.29, 1.82) is 0 Å². The molecule has 0 aliphatic rings. The minimum atomic E-state index is 0.106. The lowest BCUT2D eigenvalue weighted by molar-refractivity contribution is 0.446. The first-order valence-corrected chi connectivity index (χ1v) is 7.05. The van der Waals surface area contributed by atoms with Crippen molar-refractivity contribution in [2.24, 2.45) is 0 Å². The number of hydrogen-bond acceptors (Lipinski definition) is 2. The average molecular weight is 308 g/mol. The van der Waals surface area contributed by atoms with Crippen molar-refractivity contribution in [3.8, 4) is 0 Å². The summed E-state index contributed by atoms with van der Waals surface area (Å²) in [6.45, 7) is 5.23. The van der Waals surface area contributed by atoms with Crippen LogP contribution in [0.4, 0.5) is 0 Å². The summed E-state index contributed by atoms with van der Waals surface area (Å²) in [5.74, 6) is 0.953. The van der Waals surface area contributed by atoms with E-state index in [1.807, 2.05) is 12.1 Å². The third kappa shape index (κ3) is 2.85. The first kappa shape index (κ1) is 13.4. The van der Waals surface area contributed by atoms with Crippen molar-refractivity contribution in [1.82, 2.24) is 5.32 Å². The molecule has 2 aromatic rings. The van der Waals surface area contributed by atoms with E-state index in [2.05, 4.69) is 53.3 Å². The summed E-state index contributed by atoms with van der Waals surface area (Å²) in [6.07, 6.45) is 2.82. The predicted molar refractivity (Wildman–Crippen MR) is 77.7 cm³/mol. The quantitative estimate of drug-likeness (QED) is 0.883. The molecule has 0 saturated heterocycles. The summed E-state index contributed by atoms with van der Waals surface area (Å²) in [5.41, 5.74) is 2.46. The third-order valence-corrected chi connectivity index (χ3v) is 4.04. The van der Waals surface area contributed by atoms with Gasteiger partial charge in [0, 0.05) is 4.47 Å². The number of aryl methyl sites for hydroxylation is 1. The Morgan fingerprint density at radius 1 is 1.28 bits per heavy atom. The SMILES string of the molecule is CCCNC(c1ccco1)c1cccc(C)c1Br. The van der Waals surface area contributed by atoms with Crippen molar-refractivity contribution in [3.05, 3.63) is 58.0 Å². The molecule has 2 nitrogen and oxygen atoms in total. The molecule has 0 radical (unpaired) electrons. The van der Waals surface area contributed by atoms with Crippen molar-refractivity contribution >= 4 is 15.9 Å². The first-order valence-electron chi connectivity index (χ1n) is 6.25.